The minimum absolute atomic E-state index is 0.0323. The highest BCUT2D eigenvalue weighted by Crippen LogP contribution is 2.68. The van der Waals surface area contributed by atoms with Gasteiger partial charge in [0, 0.05) is 5.41 Å². The first-order valence-electron chi connectivity index (χ1n) is 10.4. The molecular weight excluding hydrogens is 332 g/mol. The van der Waals surface area contributed by atoms with E-state index in [0.717, 1.165) is 38.5 Å². The summed E-state index contributed by atoms with van der Waals surface area (Å²) in [4.78, 5) is 12.4. The van der Waals surface area contributed by atoms with E-state index in [9.17, 15) is 25.2 Å². The molecule has 5 nitrogen and oxygen atoms in total. The van der Waals surface area contributed by atoms with Crippen molar-refractivity contribution in [1.82, 2.24) is 0 Å². The van der Waals surface area contributed by atoms with Gasteiger partial charge in [-0.25, -0.2) is 0 Å². The Labute approximate surface area is 155 Å². The van der Waals surface area contributed by atoms with Crippen molar-refractivity contribution < 1.29 is 25.2 Å². The summed E-state index contributed by atoms with van der Waals surface area (Å²) in [5.74, 6) is 0.653. The number of Topliss-reactive ketones (excluding diaryl/α,β-unsaturated/α-hetero) is 1. The van der Waals surface area contributed by atoms with E-state index in [-0.39, 0.29) is 23.4 Å². The van der Waals surface area contributed by atoms with Crippen LogP contribution in [0.2, 0.25) is 0 Å². The Balaban J connectivity index is 1.69. The molecule has 4 N–H and O–H groups in total. The lowest BCUT2D eigenvalue weighted by atomic mass is 9.43. The van der Waals surface area contributed by atoms with E-state index >= 15 is 0 Å². The van der Waals surface area contributed by atoms with Crippen molar-refractivity contribution in [2.75, 3.05) is 6.61 Å². The highest BCUT2D eigenvalue weighted by molar-refractivity contribution is 5.89. The maximum absolute atomic E-state index is 12.4. The molecule has 0 aromatic heterocycles. The molecule has 0 amide bonds. The van der Waals surface area contributed by atoms with Gasteiger partial charge in [-0.05, 0) is 80.5 Å². The molecule has 0 bridgehead atoms. The Morgan fingerprint density at radius 2 is 1.81 bits per heavy atom. The number of hydrogen-bond donors (Lipinski definition) is 4. The molecule has 0 saturated heterocycles. The average molecular weight is 366 g/mol. The molecular formula is C21H34O5. The second kappa shape index (κ2) is 6.00. The summed E-state index contributed by atoms with van der Waals surface area (Å²) in [6.45, 7) is 3.61. The van der Waals surface area contributed by atoms with Crippen LogP contribution in [-0.2, 0) is 4.79 Å². The molecule has 0 aliphatic heterocycles. The molecule has 26 heavy (non-hydrogen) atoms. The van der Waals surface area contributed by atoms with Crippen molar-refractivity contribution in [3.63, 3.8) is 0 Å². The van der Waals surface area contributed by atoms with E-state index in [2.05, 4.69) is 6.92 Å². The summed E-state index contributed by atoms with van der Waals surface area (Å²) in [7, 11) is 0. The second-order valence-electron chi connectivity index (χ2n) is 10.2. The molecule has 148 valence electrons. The number of aliphatic hydroxyl groups excluding tert-OH is 3. The predicted molar refractivity (Wildman–Crippen MR) is 96.2 cm³/mol. The maximum atomic E-state index is 12.4. The van der Waals surface area contributed by atoms with Crippen LogP contribution in [-0.4, -0.2) is 50.6 Å². The van der Waals surface area contributed by atoms with Crippen molar-refractivity contribution in [1.29, 1.82) is 0 Å². The van der Waals surface area contributed by atoms with Crippen LogP contribution in [0.3, 0.4) is 0 Å². The predicted octanol–water partition coefficient (Wildman–Crippen LogP) is 1.65. The molecule has 4 aliphatic carbocycles. The SMILES string of the molecule is C[C@]12CC[C@@H](O)C[C@@H]1CC[C@@H]1[C@@H]2C(O)C[C@@]2(C)[C@H]1CC[C@]2(O)C(=O)CO. The van der Waals surface area contributed by atoms with Crippen LogP contribution in [0.25, 0.3) is 0 Å². The largest absolute Gasteiger partial charge is 0.393 e. The molecule has 0 heterocycles. The van der Waals surface area contributed by atoms with E-state index in [1.54, 1.807) is 0 Å². The fraction of sp³-hybridized carbons (Fsp3) is 0.952. The van der Waals surface area contributed by atoms with Crippen molar-refractivity contribution in [2.24, 2.45) is 34.5 Å². The lowest BCUT2D eigenvalue weighted by Gasteiger charge is -2.62. The topological polar surface area (TPSA) is 98.0 Å². The maximum Gasteiger partial charge on any atom is 0.190 e. The third kappa shape index (κ3) is 2.27. The second-order valence-corrected chi connectivity index (χ2v) is 10.2. The Hall–Kier alpha value is -0.490. The van der Waals surface area contributed by atoms with Gasteiger partial charge in [-0.15, -0.1) is 0 Å². The Kier molecular flexibility index (Phi) is 4.35. The number of carbonyl (C=O) groups is 1. The third-order valence-corrected chi connectivity index (χ3v) is 9.33. The van der Waals surface area contributed by atoms with Crippen LogP contribution in [0.1, 0.15) is 65.2 Å². The Morgan fingerprint density at radius 3 is 2.50 bits per heavy atom. The van der Waals surface area contributed by atoms with E-state index in [0.29, 0.717) is 24.7 Å². The molecule has 0 spiro atoms. The molecule has 0 aromatic carbocycles. The molecule has 1 unspecified atom stereocenters. The van der Waals surface area contributed by atoms with E-state index < -0.39 is 29.5 Å². The lowest BCUT2D eigenvalue weighted by molar-refractivity contribution is -0.202. The average Bonchev–Trinajstić information content (AvgIpc) is 2.86. The fourth-order valence-corrected chi connectivity index (χ4v) is 7.95. The zero-order valence-corrected chi connectivity index (χ0v) is 16.0. The summed E-state index contributed by atoms with van der Waals surface area (Å²) < 4.78 is 0. The number of aliphatic hydroxyl groups is 4. The van der Waals surface area contributed by atoms with Crippen LogP contribution in [0.5, 0.6) is 0 Å². The summed E-state index contributed by atoms with van der Waals surface area (Å²) in [6, 6.07) is 0. The normalized spacial score (nSPS) is 56.4. The molecule has 4 saturated carbocycles. The molecule has 4 aliphatic rings. The van der Waals surface area contributed by atoms with Gasteiger partial charge in [0.1, 0.15) is 12.2 Å². The third-order valence-electron chi connectivity index (χ3n) is 9.33. The monoisotopic (exact) mass is 366 g/mol. The van der Waals surface area contributed by atoms with Gasteiger partial charge in [-0.3, -0.25) is 4.79 Å². The van der Waals surface area contributed by atoms with Crippen LogP contribution in [0.15, 0.2) is 0 Å². The molecule has 5 heteroatoms. The number of carbonyl (C=O) groups excluding carboxylic acids is 1. The van der Waals surface area contributed by atoms with Crippen molar-refractivity contribution in [2.45, 2.75) is 83.0 Å². The molecule has 4 fully saturated rings. The fourth-order valence-electron chi connectivity index (χ4n) is 7.95. The highest BCUT2D eigenvalue weighted by atomic mass is 16.3. The summed E-state index contributed by atoms with van der Waals surface area (Å²) in [5.41, 5.74) is -2.14. The van der Waals surface area contributed by atoms with Crippen LogP contribution in [0, 0.1) is 34.5 Å². The summed E-state index contributed by atoms with van der Waals surface area (Å²) in [5, 5.41) is 41.9. The standard InChI is InChI=1S/C21H34O5/c1-19-7-5-13(23)9-12(19)3-4-14-15-6-8-21(26,17(25)11-22)20(15,2)10-16(24)18(14)19/h12-16,18,22-24,26H,3-11H2,1-2H3/t12-,13+,14-,15-,16?,18+,19-,20-,21-/m0/s1. The van der Waals surface area contributed by atoms with Crippen LogP contribution in [0.4, 0.5) is 0 Å². The van der Waals surface area contributed by atoms with Crippen molar-refractivity contribution >= 4 is 5.78 Å². The van der Waals surface area contributed by atoms with Gasteiger partial charge in [-0.1, -0.05) is 13.8 Å². The van der Waals surface area contributed by atoms with Gasteiger partial charge in [-0.2, -0.15) is 0 Å². The number of rotatable bonds is 2. The molecule has 0 radical (unpaired) electrons. The van der Waals surface area contributed by atoms with Crippen molar-refractivity contribution in [3.8, 4) is 0 Å². The smallest absolute Gasteiger partial charge is 0.190 e. The van der Waals surface area contributed by atoms with Crippen molar-refractivity contribution in [3.05, 3.63) is 0 Å². The van der Waals surface area contributed by atoms with Gasteiger partial charge in [0.15, 0.2) is 5.78 Å². The minimum Gasteiger partial charge on any atom is -0.393 e. The molecule has 0 aromatic rings. The first-order chi connectivity index (χ1) is 12.2. The van der Waals surface area contributed by atoms with Gasteiger partial charge in [0.2, 0.25) is 0 Å². The number of ketones is 1. The van der Waals surface area contributed by atoms with Gasteiger partial charge < -0.3 is 20.4 Å². The highest BCUT2D eigenvalue weighted by Gasteiger charge is 2.68. The summed E-state index contributed by atoms with van der Waals surface area (Å²) in [6.07, 6.45) is 5.48. The van der Waals surface area contributed by atoms with E-state index in [1.807, 2.05) is 6.92 Å². The van der Waals surface area contributed by atoms with Gasteiger partial charge in [0.05, 0.1) is 12.2 Å². The van der Waals surface area contributed by atoms with E-state index in [1.165, 1.54) is 0 Å². The van der Waals surface area contributed by atoms with Crippen LogP contribution >= 0.6 is 0 Å². The quantitative estimate of drug-likeness (QED) is 0.596. The van der Waals surface area contributed by atoms with Gasteiger partial charge in [0.25, 0.3) is 0 Å². The zero-order chi connectivity index (χ0) is 18.9. The first-order valence-corrected chi connectivity index (χ1v) is 10.4. The number of fused-ring (bicyclic) bond motifs is 5. The van der Waals surface area contributed by atoms with Crippen LogP contribution < -0.4 is 0 Å². The summed E-state index contributed by atoms with van der Waals surface area (Å²) >= 11 is 0. The zero-order valence-electron chi connectivity index (χ0n) is 16.0. The number of hydrogen-bond acceptors (Lipinski definition) is 5. The Morgan fingerprint density at radius 1 is 1.08 bits per heavy atom. The van der Waals surface area contributed by atoms with E-state index in [4.69, 9.17) is 0 Å². The van der Waals surface area contributed by atoms with Gasteiger partial charge >= 0.3 is 0 Å². The first kappa shape index (κ1) is 18.9. The Bertz CT molecular complexity index is 593. The minimum atomic E-state index is -1.52. The molecule has 4 rings (SSSR count). The lowest BCUT2D eigenvalue weighted by Crippen LogP contribution is -2.63. The molecule has 9 atom stereocenters.